The molecule has 0 heterocycles. The molecule has 0 aromatic carbocycles. The van der Waals surface area contributed by atoms with E-state index in [0.717, 1.165) is 0 Å². The molecule has 0 bridgehead atoms. The molecule has 0 spiro atoms. The van der Waals surface area contributed by atoms with Crippen LogP contribution < -0.4 is 5.11 Å². The van der Waals surface area contributed by atoms with Gasteiger partial charge in [0.25, 0.3) is 0 Å². The van der Waals surface area contributed by atoms with E-state index < -0.39 is 12.1 Å². The second-order valence-electron chi connectivity index (χ2n) is 4.54. The van der Waals surface area contributed by atoms with E-state index in [-0.39, 0.29) is 5.57 Å². The van der Waals surface area contributed by atoms with Crippen LogP contribution in [0.3, 0.4) is 0 Å². The van der Waals surface area contributed by atoms with Gasteiger partial charge in [-0.3, -0.25) is 0 Å². The number of quaternary nitrogens is 1. The number of aliphatic hydroxyl groups is 1. The first-order chi connectivity index (χ1) is 6.22. The maximum absolute atomic E-state index is 10.3. The maximum Gasteiger partial charge on any atom is 0.106 e. The van der Waals surface area contributed by atoms with Gasteiger partial charge in [-0.1, -0.05) is 6.08 Å². The Balaban J connectivity index is 4.03. The molecule has 0 aliphatic carbocycles. The van der Waals surface area contributed by atoms with Crippen LogP contribution in [0.2, 0.25) is 0 Å². The quantitative estimate of drug-likeness (QED) is 0.465. The molecule has 0 radical (unpaired) electrons. The zero-order chi connectivity index (χ0) is 11.4. The standard InChI is InChI=1S/C10H19NO3/c1-8(10(13)14)5-6-9(12)7-11(2,3)4/h5,9,12H,6-7H2,1-4H3. The normalized spacial score (nSPS) is 15.4. The number of aliphatic hydroxyl groups excluding tert-OH is 1. The van der Waals surface area contributed by atoms with E-state index in [4.69, 9.17) is 0 Å². The lowest BCUT2D eigenvalue weighted by atomic mass is 10.1. The fraction of sp³-hybridized carbons (Fsp3) is 0.700. The lowest BCUT2D eigenvalue weighted by Crippen LogP contribution is -2.41. The van der Waals surface area contributed by atoms with Crippen molar-refractivity contribution in [2.45, 2.75) is 19.4 Å². The molecule has 14 heavy (non-hydrogen) atoms. The van der Waals surface area contributed by atoms with Crippen LogP contribution in [0.4, 0.5) is 0 Å². The minimum absolute atomic E-state index is 0.172. The minimum atomic E-state index is -1.18. The summed E-state index contributed by atoms with van der Waals surface area (Å²) < 4.78 is 0.652. The molecule has 0 aliphatic rings. The molecule has 0 amide bonds. The molecule has 0 saturated carbocycles. The molecule has 0 rings (SSSR count). The number of carboxylic acids is 1. The summed E-state index contributed by atoms with van der Waals surface area (Å²) in [6, 6.07) is 0. The molecule has 1 atom stereocenters. The molecule has 1 unspecified atom stereocenters. The summed E-state index contributed by atoms with van der Waals surface area (Å²) >= 11 is 0. The number of hydrogen-bond acceptors (Lipinski definition) is 3. The van der Waals surface area contributed by atoms with E-state index >= 15 is 0 Å². The average Bonchev–Trinajstić information content (AvgIpc) is 1.96. The van der Waals surface area contributed by atoms with Crippen molar-refractivity contribution in [1.82, 2.24) is 0 Å². The fourth-order valence-corrected chi connectivity index (χ4v) is 1.10. The van der Waals surface area contributed by atoms with Crippen LogP contribution in [-0.2, 0) is 4.79 Å². The Hall–Kier alpha value is -0.870. The topological polar surface area (TPSA) is 60.4 Å². The lowest BCUT2D eigenvalue weighted by Gasteiger charge is -2.26. The van der Waals surface area contributed by atoms with Gasteiger partial charge >= 0.3 is 0 Å². The predicted molar refractivity (Wildman–Crippen MR) is 52.3 cm³/mol. The third kappa shape index (κ3) is 6.62. The number of carbonyl (C=O) groups excluding carboxylic acids is 1. The van der Waals surface area contributed by atoms with Crippen LogP contribution in [-0.4, -0.2) is 49.4 Å². The molecule has 4 heteroatoms. The second kappa shape index (κ2) is 5.12. The van der Waals surface area contributed by atoms with Crippen molar-refractivity contribution in [3.05, 3.63) is 11.6 Å². The molecule has 0 aliphatic heterocycles. The van der Waals surface area contributed by atoms with E-state index in [9.17, 15) is 15.0 Å². The Morgan fingerprint density at radius 1 is 1.50 bits per heavy atom. The van der Waals surface area contributed by atoms with Gasteiger partial charge in [0, 0.05) is 0 Å². The molecule has 0 saturated heterocycles. The Morgan fingerprint density at radius 3 is 2.36 bits per heavy atom. The first-order valence-corrected chi connectivity index (χ1v) is 4.59. The van der Waals surface area contributed by atoms with E-state index in [2.05, 4.69) is 0 Å². The van der Waals surface area contributed by atoms with Crippen molar-refractivity contribution in [1.29, 1.82) is 0 Å². The van der Waals surface area contributed by atoms with Crippen molar-refractivity contribution >= 4 is 5.97 Å². The monoisotopic (exact) mass is 201 g/mol. The van der Waals surface area contributed by atoms with Crippen LogP contribution in [0.1, 0.15) is 13.3 Å². The summed E-state index contributed by atoms with van der Waals surface area (Å²) in [7, 11) is 5.91. The average molecular weight is 201 g/mol. The van der Waals surface area contributed by atoms with Gasteiger partial charge in [-0.25, -0.2) is 0 Å². The van der Waals surface area contributed by atoms with Crippen molar-refractivity contribution < 1.29 is 19.5 Å². The summed E-state index contributed by atoms with van der Waals surface area (Å²) in [4.78, 5) is 10.3. The maximum atomic E-state index is 10.3. The van der Waals surface area contributed by atoms with Crippen molar-refractivity contribution in [2.24, 2.45) is 0 Å². The van der Waals surface area contributed by atoms with Crippen LogP contribution in [0.5, 0.6) is 0 Å². The third-order valence-electron chi connectivity index (χ3n) is 1.78. The zero-order valence-corrected chi connectivity index (χ0v) is 9.28. The van der Waals surface area contributed by atoms with Crippen molar-refractivity contribution in [3.63, 3.8) is 0 Å². The molecule has 0 aromatic rings. The van der Waals surface area contributed by atoms with Gasteiger partial charge in [0.05, 0.1) is 27.1 Å². The number of likely N-dealkylation sites (N-methyl/N-ethyl adjacent to an activating group) is 1. The van der Waals surface area contributed by atoms with E-state index in [1.165, 1.54) is 13.0 Å². The molecule has 0 fully saturated rings. The molecular formula is C10H19NO3. The summed E-state index contributed by atoms with van der Waals surface area (Å²) in [5, 5.41) is 19.9. The van der Waals surface area contributed by atoms with Gasteiger partial charge in [0.2, 0.25) is 0 Å². The lowest BCUT2D eigenvalue weighted by molar-refractivity contribution is -0.873. The summed E-state index contributed by atoms with van der Waals surface area (Å²) in [5.74, 6) is -1.18. The Morgan fingerprint density at radius 2 is 2.00 bits per heavy atom. The van der Waals surface area contributed by atoms with Crippen LogP contribution in [0, 0.1) is 0 Å². The highest BCUT2D eigenvalue weighted by molar-refractivity contribution is 5.83. The number of nitrogens with zero attached hydrogens (tertiary/aromatic N) is 1. The minimum Gasteiger partial charge on any atom is -0.545 e. The summed E-state index contributed by atoms with van der Waals surface area (Å²) in [6.07, 6.45) is 1.34. The van der Waals surface area contributed by atoms with Crippen molar-refractivity contribution in [2.75, 3.05) is 27.7 Å². The zero-order valence-electron chi connectivity index (χ0n) is 9.28. The van der Waals surface area contributed by atoms with Gasteiger partial charge in [-0.15, -0.1) is 0 Å². The Kier molecular flexibility index (Phi) is 4.80. The fourth-order valence-electron chi connectivity index (χ4n) is 1.10. The number of hydrogen-bond donors (Lipinski definition) is 1. The van der Waals surface area contributed by atoms with Gasteiger partial charge in [-0.05, 0) is 18.9 Å². The summed E-state index contributed by atoms with van der Waals surface area (Å²) in [6.45, 7) is 2.06. The third-order valence-corrected chi connectivity index (χ3v) is 1.78. The first-order valence-electron chi connectivity index (χ1n) is 4.59. The second-order valence-corrected chi connectivity index (χ2v) is 4.54. The molecule has 4 nitrogen and oxygen atoms in total. The van der Waals surface area contributed by atoms with Crippen molar-refractivity contribution in [3.8, 4) is 0 Å². The largest absolute Gasteiger partial charge is 0.545 e. The highest BCUT2D eigenvalue weighted by Crippen LogP contribution is 2.02. The number of carbonyl (C=O) groups is 1. The van der Waals surface area contributed by atoms with E-state index in [1.807, 2.05) is 21.1 Å². The van der Waals surface area contributed by atoms with Gasteiger partial charge < -0.3 is 19.5 Å². The molecular weight excluding hydrogens is 182 g/mol. The number of aliphatic carboxylic acids is 1. The van der Waals surface area contributed by atoms with E-state index in [1.54, 1.807) is 0 Å². The highest BCUT2D eigenvalue weighted by Gasteiger charge is 2.13. The van der Waals surface area contributed by atoms with Gasteiger partial charge in [0.1, 0.15) is 12.6 Å². The number of carboxylic acid groups (broad SMARTS) is 1. The van der Waals surface area contributed by atoms with Crippen LogP contribution in [0.25, 0.3) is 0 Å². The highest BCUT2D eigenvalue weighted by atomic mass is 16.4. The Bertz CT molecular complexity index is 228. The molecule has 0 aromatic heterocycles. The van der Waals surface area contributed by atoms with E-state index in [0.29, 0.717) is 17.4 Å². The Labute approximate surface area is 85.1 Å². The molecule has 82 valence electrons. The predicted octanol–water partition coefficient (Wildman–Crippen LogP) is -0.860. The molecule has 1 N–H and O–H groups in total. The van der Waals surface area contributed by atoms with Gasteiger partial charge in [0.15, 0.2) is 0 Å². The summed E-state index contributed by atoms with van der Waals surface area (Å²) in [5.41, 5.74) is 0.172. The SMILES string of the molecule is CC(=CCC(O)C[N+](C)(C)C)C(=O)[O-]. The first kappa shape index (κ1) is 13.1. The number of rotatable bonds is 5. The smallest absolute Gasteiger partial charge is 0.106 e. The van der Waals surface area contributed by atoms with Crippen LogP contribution >= 0.6 is 0 Å². The van der Waals surface area contributed by atoms with Crippen LogP contribution in [0.15, 0.2) is 11.6 Å². The van der Waals surface area contributed by atoms with Gasteiger partial charge in [-0.2, -0.15) is 0 Å².